The lowest BCUT2D eigenvalue weighted by molar-refractivity contribution is -0.132. The van der Waals surface area contributed by atoms with E-state index in [9.17, 15) is 18.8 Å². The molecule has 150 valence electrons. The highest BCUT2D eigenvalue weighted by Gasteiger charge is 2.28. The highest BCUT2D eigenvalue weighted by Crippen LogP contribution is 2.22. The maximum absolute atomic E-state index is 13.2. The molecule has 0 fully saturated rings. The summed E-state index contributed by atoms with van der Waals surface area (Å²) in [5.41, 5.74) is 1.91. The van der Waals surface area contributed by atoms with E-state index in [2.05, 4.69) is 15.1 Å². The van der Waals surface area contributed by atoms with Crippen LogP contribution in [0.1, 0.15) is 11.3 Å². The van der Waals surface area contributed by atoms with E-state index >= 15 is 0 Å². The maximum Gasteiger partial charge on any atom is 0.347 e. The van der Waals surface area contributed by atoms with Gasteiger partial charge in [-0.1, -0.05) is 0 Å². The third kappa shape index (κ3) is 2.98. The second-order valence-electron chi connectivity index (χ2n) is 6.99. The first-order chi connectivity index (χ1) is 14.5. The number of H-pyrrole nitrogens is 1. The van der Waals surface area contributed by atoms with Gasteiger partial charge in [0.2, 0.25) is 5.91 Å². The number of aromatic amines is 1. The minimum absolute atomic E-state index is 0.114. The van der Waals surface area contributed by atoms with Gasteiger partial charge in [0.25, 0.3) is 5.56 Å². The first kappa shape index (κ1) is 18.0. The predicted octanol–water partition coefficient (Wildman–Crippen LogP) is 0.928. The number of hydrogen-bond acceptors (Lipinski definition) is 5. The van der Waals surface area contributed by atoms with Gasteiger partial charge in [-0.3, -0.25) is 19.3 Å². The zero-order chi connectivity index (χ0) is 20.8. The van der Waals surface area contributed by atoms with E-state index in [4.69, 9.17) is 0 Å². The Morgan fingerprint density at radius 1 is 1.17 bits per heavy atom. The van der Waals surface area contributed by atoms with E-state index in [0.717, 1.165) is 5.56 Å². The average Bonchev–Trinajstić information content (AvgIpc) is 3.35. The molecule has 5 rings (SSSR count). The molecule has 30 heavy (non-hydrogen) atoms. The van der Waals surface area contributed by atoms with Crippen molar-refractivity contribution >= 4 is 11.6 Å². The summed E-state index contributed by atoms with van der Waals surface area (Å²) < 4.78 is 15.7. The number of carbonyl (C=O) groups is 1. The topological polar surface area (TPSA) is 105 Å². The van der Waals surface area contributed by atoms with Crippen LogP contribution in [0.25, 0.3) is 16.9 Å². The van der Waals surface area contributed by atoms with Gasteiger partial charge in [-0.15, -0.1) is 0 Å². The monoisotopic (exact) mass is 406 g/mol. The molecule has 0 spiro atoms. The summed E-state index contributed by atoms with van der Waals surface area (Å²) in [6, 6.07) is 9.18. The Morgan fingerprint density at radius 3 is 2.73 bits per heavy atom. The number of hydrogen-bond donors (Lipinski definition) is 1. The van der Waals surface area contributed by atoms with Crippen molar-refractivity contribution in [2.24, 2.45) is 0 Å². The Labute approximate surface area is 168 Å². The highest BCUT2D eigenvalue weighted by atomic mass is 19.1. The quantitative estimate of drug-likeness (QED) is 0.545. The molecule has 0 atom stereocenters. The second-order valence-corrected chi connectivity index (χ2v) is 6.99. The Bertz CT molecular complexity index is 1400. The summed E-state index contributed by atoms with van der Waals surface area (Å²) >= 11 is 0. The molecule has 0 saturated carbocycles. The molecule has 0 aliphatic carbocycles. The summed E-state index contributed by atoms with van der Waals surface area (Å²) in [5.74, 6) is -0.648. The molecule has 1 aliphatic heterocycles. The minimum atomic E-state index is -0.512. The van der Waals surface area contributed by atoms with Crippen LogP contribution < -0.4 is 11.2 Å². The van der Waals surface area contributed by atoms with Crippen LogP contribution in [0.15, 0.2) is 58.4 Å². The predicted molar refractivity (Wildman–Crippen MR) is 104 cm³/mol. The molecule has 4 heterocycles. The number of aromatic nitrogens is 5. The van der Waals surface area contributed by atoms with Crippen molar-refractivity contribution in [3.63, 3.8) is 0 Å². The van der Waals surface area contributed by atoms with Crippen molar-refractivity contribution in [1.29, 1.82) is 0 Å². The van der Waals surface area contributed by atoms with Crippen LogP contribution in [0.5, 0.6) is 0 Å². The Morgan fingerprint density at radius 2 is 1.97 bits per heavy atom. The Kier molecular flexibility index (Phi) is 4.05. The number of carbonyl (C=O) groups excluding carboxylic acids is 1. The number of nitrogens with one attached hydrogen (secondary N) is 1. The van der Waals surface area contributed by atoms with E-state index in [1.807, 2.05) is 0 Å². The number of benzene rings is 1. The number of rotatable bonds is 3. The van der Waals surface area contributed by atoms with Gasteiger partial charge < -0.3 is 4.90 Å². The van der Waals surface area contributed by atoms with Crippen molar-refractivity contribution in [2.45, 2.75) is 19.6 Å². The number of amides is 1. The van der Waals surface area contributed by atoms with Gasteiger partial charge in [-0.05, 0) is 35.9 Å². The van der Waals surface area contributed by atoms with Crippen LogP contribution in [0.4, 0.5) is 4.39 Å². The molecule has 1 N–H and O–H groups in total. The van der Waals surface area contributed by atoms with Crippen LogP contribution in [0, 0.1) is 5.82 Å². The molecular formula is C20H15FN6O3. The molecule has 1 aliphatic rings. The SMILES string of the molecule is O=C(Cn1cccnc1=O)N1Cc2nc3cc(-c4ccc(F)cc4)[nH]n3c(=O)c2C1. The normalized spacial score (nSPS) is 13.0. The third-order valence-electron chi connectivity index (χ3n) is 5.08. The number of halogens is 1. The average molecular weight is 406 g/mol. The molecular weight excluding hydrogens is 391 g/mol. The zero-order valence-electron chi connectivity index (χ0n) is 15.6. The molecule has 1 aromatic carbocycles. The minimum Gasteiger partial charge on any atom is -0.331 e. The van der Waals surface area contributed by atoms with E-state index in [0.29, 0.717) is 22.6 Å². The van der Waals surface area contributed by atoms with E-state index in [-0.39, 0.29) is 36.9 Å². The van der Waals surface area contributed by atoms with Crippen LogP contribution in [0.2, 0.25) is 0 Å². The van der Waals surface area contributed by atoms with Gasteiger partial charge in [0.05, 0.1) is 30.0 Å². The molecule has 0 saturated heterocycles. The standard InChI is InChI=1S/C20H15FN6O3/c21-13-4-2-12(3-5-13)15-8-17-23-16-10-26(9-14(16)19(29)27(17)24-15)18(28)11-25-7-1-6-22-20(25)30/h1-8,24H,9-11H2. The largest absolute Gasteiger partial charge is 0.347 e. The van der Waals surface area contributed by atoms with Crippen LogP contribution in [0.3, 0.4) is 0 Å². The second kappa shape index (κ2) is 6.76. The lowest BCUT2D eigenvalue weighted by Crippen LogP contribution is -2.34. The summed E-state index contributed by atoms with van der Waals surface area (Å²) in [4.78, 5) is 46.9. The van der Waals surface area contributed by atoms with E-state index < -0.39 is 5.69 Å². The van der Waals surface area contributed by atoms with Crippen molar-refractivity contribution < 1.29 is 9.18 Å². The molecule has 10 heteroatoms. The van der Waals surface area contributed by atoms with Crippen LogP contribution in [-0.4, -0.2) is 35.0 Å². The fourth-order valence-corrected chi connectivity index (χ4v) is 3.53. The van der Waals surface area contributed by atoms with Crippen molar-refractivity contribution in [3.8, 4) is 11.3 Å². The van der Waals surface area contributed by atoms with E-state index in [1.165, 1.54) is 38.5 Å². The summed E-state index contributed by atoms with van der Waals surface area (Å²) in [6.07, 6.45) is 2.85. The maximum atomic E-state index is 13.2. The van der Waals surface area contributed by atoms with Gasteiger partial charge in [-0.25, -0.2) is 23.7 Å². The Hall–Kier alpha value is -4.08. The zero-order valence-corrected chi connectivity index (χ0v) is 15.6. The summed E-state index contributed by atoms with van der Waals surface area (Å²) in [6.45, 7) is 0.142. The van der Waals surface area contributed by atoms with Crippen molar-refractivity contribution in [2.75, 3.05) is 0 Å². The molecule has 0 unspecified atom stereocenters. The smallest absolute Gasteiger partial charge is 0.331 e. The van der Waals surface area contributed by atoms with Crippen molar-refractivity contribution in [1.82, 2.24) is 29.0 Å². The van der Waals surface area contributed by atoms with Gasteiger partial charge in [-0.2, -0.15) is 0 Å². The first-order valence-corrected chi connectivity index (χ1v) is 9.18. The van der Waals surface area contributed by atoms with E-state index in [1.54, 1.807) is 24.3 Å². The van der Waals surface area contributed by atoms with Crippen molar-refractivity contribution in [3.05, 3.63) is 86.7 Å². The third-order valence-corrected chi connectivity index (χ3v) is 5.08. The van der Waals surface area contributed by atoms with Crippen LogP contribution in [-0.2, 0) is 24.4 Å². The first-order valence-electron chi connectivity index (χ1n) is 9.18. The number of nitrogens with zero attached hydrogens (tertiary/aromatic N) is 5. The fraction of sp³-hybridized carbons (Fsp3) is 0.150. The van der Waals surface area contributed by atoms with Crippen LogP contribution >= 0.6 is 0 Å². The fourth-order valence-electron chi connectivity index (χ4n) is 3.53. The molecule has 0 bridgehead atoms. The number of fused-ring (bicyclic) bond motifs is 2. The molecule has 4 aromatic rings. The highest BCUT2D eigenvalue weighted by molar-refractivity contribution is 5.76. The lowest BCUT2D eigenvalue weighted by Gasteiger charge is -2.15. The van der Waals surface area contributed by atoms with Gasteiger partial charge >= 0.3 is 5.69 Å². The Balaban J connectivity index is 1.44. The van der Waals surface area contributed by atoms with Gasteiger partial charge in [0.15, 0.2) is 5.65 Å². The molecule has 0 radical (unpaired) electrons. The molecule has 1 amide bonds. The summed E-state index contributed by atoms with van der Waals surface area (Å²) in [7, 11) is 0. The van der Waals surface area contributed by atoms with Gasteiger partial charge in [0.1, 0.15) is 12.4 Å². The molecule has 3 aromatic heterocycles. The molecule has 9 nitrogen and oxygen atoms in total. The lowest BCUT2D eigenvalue weighted by atomic mass is 10.1. The summed E-state index contributed by atoms with van der Waals surface area (Å²) in [5, 5.41) is 2.98. The van der Waals surface area contributed by atoms with Gasteiger partial charge in [0, 0.05) is 18.5 Å².